The topological polar surface area (TPSA) is 28.6 Å². The number of pyridine rings is 1. The minimum atomic E-state index is -2.54. The minimum absolute atomic E-state index is 0.749. The van der Waals surface area contributed by atoms with Gasteiger partial charge in [0.1, 0.15) is 11.5 Å². The fraction of sp³-hybridized carbons (Fsp3) is 0.0513. The van der Waals surface area contributed by atoms with Crippen LogP contribution in [0.2, 0.25) is 0 Å². The summed E-state index contributed by atoms with van der Waals surface area (Å²) in [4.78, 5) is 9.43. The van der Waals surface area contributed by atoms with Crippen LogP contribution in [0.3, 0.4) is 0 Å². The number of hydrogen-bond acceptors (Lipinski definition) is 4. The lowest BCUT2D eigenvalue weighted by Gasteiger charge is -2.31. The summed E-state index contributed by atoms with van der Waals surface area (Å²) >= 11 is 0. The molecule has 0 aliphatic carbocycles. The second-order valence-corrected chi connectivity index (χ2v) is 15.1. The first-order valence-corrected chi connectivity index (χ1v) is 17.0. The summed E-state index contributed by atoms with van der Waals surface area (Å²) in [5.41, 5.74) is 5.74. The Morgan fingerprint density at radius 3 is 2.00 bits per heavy atom. The number of nitrogens with zero attached hydrogens (tertiary/aromatic N) is 3. The second kappa shape index (κ2) is 10.7. The quantitative estimate of drug-likeness (QED) is 0.214. The van der Waals surface area contributed by atoms with Crippen LogP contribution in [0, 0.1) is 6.92 Å². The van der Waals surface area contributed by atoms with E-state index in [9.17, 15) is 0 Å². The first-order valence-electron chi connectivity index (χ1n) is 15.0. The number of ether oxygens (including phenoxy) is 1. The fourth-order valence-corrected chi connectivity index (χ4v) is 11.8. The molecule has 5 heteroatoms. The number of anilines is 2. The van der Waals surface area contributed by atoms with Crippen molar-refractivity contribution in [3.63, 3.8) is 0 Å². The van der Waals surface area contributed by atoms with Crippen LogP contribution in [0.5, 0.6) is 11.5 Å². The Morgan fingerprint density at radius 1 is 0.591 bits per heavy atom. The van der Waals surface area contributed by atoms with Gasteiger partial charge in [0, 0.05) is 41.6 Å². The fourth-order valence-electron chi connectivity index (χ4n) is 6.70. The molecule has 2 aliphatic rings. The van der Waals surface area contributed by atoms with Crippen molar-refractivity contribution >= 4 is 40.2 Å². The zero-order valence-corrected chi connectivity index (χ0v) is 25.5. The van der Waals surface area contributed by atoms with Gasteiger partial charge in [-0.15, -0.1) is 0 Å². The molecule has 0 unspecified atom stereocenters. The van der Waals surface area contributed by atoms with Gasteiger partial charge >= 0.3 is 0 Å². The summed E-state index contributed by atoms with van der Waals surface area (Å²) in [7, 11) is -2.54. The van der Waals surface area contributed by atoms with E-state index in [0.717, 1.165) is 35.1 Å². The average molecular weight is 586 g/mol. The van der Waals surface area contributed by atoms with Crippen LogP contribution in [-0.2, 0) is 0 Å². The predicted octanol–water partition coefficient (Wildman–Crippen LogP) is 6.30. The maximum Gasteiger partial charge on any atom is 0.182 e. The van der Waals surface area contributed by atoms with E-state index in [1.165, 1.54) is 32.0 Å². The van der Waals surface area contributed by atoms with Gasteiger partial charge < -0.3 is 14.5 Å². The number of rotatable bonds is 6. The molecule has 5 aromatic carbocycles. The Morgan fingerprint density at radius 2 is 1.27 bits per heavy atom. The molecule has 1 aromatic heterocycles. The molecule has 2 aliphatic heterocycles. The van der Waals surface area contributed by atoms with Crippen LogP contribution in [-0.4, -0.2) is 19.7 Å². The van der Waals surface area contributed by atoms with Crippen LogP contribution in [0.4, 0.5) is 11.4 Å². The monoisotopic (exact) mass is 585 g/mol. The van der Waals surface area contributed by atoms with Crippen LogP contribution in [0.25, 0.3) is 11.3 Å². The highest BCUT2D eigenvalue weighted by atomic mass is 28.3. The molecule has 0 N–H and O–H groups in total. The van der Waals surface area contributed by atoms with E-state index < -0.39 is 8.07 Å². The summed E-state index contributed by atoms with van der Waals surface area (Å²) in [6.07, 6.45) is 6.15. The van der Waals surface area contributed by atoms with Gasteiger partial charge in [-0.1, -0.05) is 96.6 Å². The van der Waals surface area contributed by atoms with Crippen molar-refractivity contribution in [2.45, 2.75) is 6.92 Å². The number of fused-ring (bicyclic) bond motifs is 3. The van der Waals surface area contributed by atoms with Gasteiger partial charge in [0.25, 0.3) is 0 Å². The van der Waals surface area contributed by atoms with Gasteiger partial charge in [0.05, 0.1) is 12.4 Å². The van der Waals surface area contributed by atoms with Crippen molar-refractivity contribution in [2.24, 2.45) is 0 Å². The molecule has 8 rings (SSSR count). The lowest BCUT2D eigenvalue weighted by molar-refractivity contribution is 0.483. The van der Waals surface area contributed by atoms with Gasteiger partial charge in [0.2, 0.25) is 0 Å². The summed E-state index contributed by atoms with van der Waals surface area (Å²) in [5, 5.41) is 5.39. The third-order valence-corrected chi connectivity index (χ3v) is 13.6. The van der Waals surface area contributed by atoms with Crippen molar-refractivity contribution in [3.8, 4) is 22.8 Å². The van der Waals surface area contributed by atoms with Gasteiger partial charge in [-0.25, -0.2) is 0 Å². The number of aryl methyl sites for hydroxylation is 1. The van der Waals surface area contributed by atoms with Crippen molar-refractivity contribution in [2.75, 3.05) is 16.5 Å². The molecule has 0 fully saturated rings. The van der Waals surface area contributed by atoms with Crippen LogP contribution in [0.1, 0.15) is 5.56 Å². The Kier molecular flexibility index (Phi) is 6.39. The SMILES string of the molecule is Cc1ccc(N2C=CN(c3cccc(Oc4ccc5c(c4)-c4ncccc4[Si]5(c4ccccc4)c4ccccc4)c3)C2)cc1. The van der Waals surface area contributed by atoms with Crippen LogP contribution in [0.15, 0.2) is 158 Å². The van der Waals surface area contributed by atoms with Gasteiger partial charge in [0.15, 0.2) is 8.07 Å². The first-order chi connectivity index (χ1) is 21.7. The van der Waals surface area contributed by atoms with Gasteiger partial charge in [-0.2, -0.15) is 0 Å². The highest BCUT2D eigenvalue weighted by molar-refractivity contribution is 7.22. The molecule has 44 heavy (non-hydrogen) atoms. The van der Waals surface area contributed by atoms with E-state index in [1.807, 2.05) is 12.3 Å². The third kappa shape index (κ3) is 4.32. The lowest BCUT2D eigenvalue weighted by atomic mass is 10.1. The molecule has 0 radical (unpaired) electrons. The number of aromatic nitrogens is 1. The van der Waals surface area contributed by atoms with E-state index in [4.69, 9.17) is 9.72 Å². The van der Waals surface area contributed by atoms with E-state index >= 15 is 0 Å². The summed E-state index contributed by atoms with van der Waals surface area (Å²) in [5.74, 6) is 1.61. The summed E-state index contributed by atoms with van der Waals surface area (Å²) in [6.45, 7) is 2.86. The first kappa shape index (κ1) is 26.3. The standard InChI is InChI=1S/C39H31N3OSi/c1-29-17-19-30(20-18-29)41-24-25-42(28-41)31-10-8-11-32(26-31)43-33-21-22-37-36(27-33)39-38(16-9-23-40-39)44(37,34-12-4-2-5-13-34)35-14-6-3-7-15-35/h2-27H,28H2,1H3. The van der Waals surface area contributed by atoms with Gasteiger partial charge in [-0.05, 0) is 70.1 Å². The summed E-state index contributed by atoms with van der Waals surface area (Å²) < 4.78 is 6.55. The Bertz CT molecular complexity index is 1950. The number of hydrogen-bond donors (Lipinski definition) is 0. The Hall–Kier alpha value is -5.39. The maximum absolute atomic E-state index is 6.55. The van der Waals surface area contributed by atoms with Gasteiger partial charge in [-0.3, -0.25) is 4.98 Å². The smallest absolute Gasteiger partial charge is 0.182 e. The van der Waals surface area contributed by atoms with Crippen molar-refractivity contribution in [1.82, 2.24) is 4.98 Å². The van der Waals surface area contributed by atoms with E-state index in [2.05, 4.69) is 163 Å². The van der Waals surface area contributed by atoms with E-state index in [-0.39, 0.29) is 0 Å². The normalized spacial score (nSPS) is 14.4. The van der Waals surface area contributed by atoms with Crippen molar-refractivity contribution in [1.29, 1.82) is 0 Å². The van der Waals surface area contributed by atoms with E-state index in [1.54, 1.807) is 0 Å². The Labute approximate surface area is 259 Å². The highest BCUT2D eigenvalue weighted by Crippen LogP contribution is 2.33. The Balaban J connectivity index is 1.14. The molecule has 0 amide bonds. The molecule has 212 valence electrons. The number of benzene rings is 5. The molecule has 0 spiro atoms. The maximum atomic E-state index is 6.55. The molecule has 0 saturated carbocycles. The van der Waals surface area contributed by atoms with Crippen molar-refractivity contribution < 1.29 is 4.74 Å². The molecule has 3 heterocycles. The average Bonchev–Trinajstić information content (AvgIpc) is 3.69. The highest BCUT2D eigenvalue weighted by Gasteiger charge is 2.49. The molecule has 0 bridgehead atoms. The minimum Gasteiger partial charge on any atom is -0.457 e. The molecule has 0 saturated heterocycles. The van der Waals surface area contributed by atoms with Crippen molar-refractivity contribution in [3.05, 3.63) is 164 Å². The zero-order valence-electron chi connectivity index (χ0n) is 24.5. The second-order valence-electron chi connectivity index (χ2n) is 11.4. The summed E-state index contributed by atoms with van der Waals surface area (Å²) in [6, 6.07) is 49.8. The predicted molar refractivity (Wildman–Crippen MR) is 184 cm³/mol. The van der Waals surface area contributed by atoms with Crippen LogP contribution < -0.4 is 35.3 Å². The molecule has 6 aromatic rings. The molecular weight excluding hydrogens is 555 g/mol. The van der Waals surface area contributed by atoms with E-state index in [0.29, 0.717) is 0 Å². The molecular formula is C39H31N3OSi. The largest absolute Gasteiger partial charge is 0.457 e. The molecule has 0 atom stereocenters. The van der Waals surface area contributed by atoms with Crippen LogP contribution >= 0.6 is 0 Å². The molecule has 4 nitrogen and oxygen atoms in total. The third-order valence-electron chi connectivity index (χ3n) is 8.76. The lowest BCUT2D eigenvalue weighted by Crippen LogP contribution is -2.72. The zero-order chi connectivity index (χ0) is 29.5.